The maximum absolute atomic E-state index is 13.2. The summed E-state index contributed by atoms with van der Waals surface area (Å²) >= 11 is 19.8. The third-order valence-corrected chi connectivity index (χ3v) is 10.9. The maximum atomic E-state index is 13.2. The van der Waals surface area contributed by atoms with Crippen molar-refractivity contribution in [3.63, 3.8) is 0 Å². The lowest BCUT2D eigenvalue weighted by molar-refractivity contribution is -0.155. The molecule has 0 bridgehead atoms. The van der Waals surface area contributed by atoms with E-state index in [9.17, 15) is 14.4 Å². The van der Waals surface area contributed by atoms with E-state index >= 15 is 0 Å². The summed E-state index contributed by atoms with van der Waals surface area (Å²) in [5.41, 5.74) is 5.18. The Morgan fingerprint density at radius 2 is 0.780 bits per heavy atom. The van der Waals surface area contributed by atoms with Crippen molar-refractivity contribution in [2.45, 2.75) is 179 Å². The van der Waals surface area contributed by atoms with E-state index in [2.05, 4.69) is 86.6 Å². The van der Waals surface area contributed by atoms with Crippen molar-refractivity contribution in [2.24, 2.45) is 5.92 Å². The fourth-order valence-corrected chi connectivity index (χ4v) is 7.53. The van der Waals surface area contributed by atoms with E-state index in [1.165, 1.54) is 16.7 Å². The zero-order valence-corrected chi connectivity index (χ0v) is 39.6. The van der Waals surface area contributed by atoms with Gasteiger partial charge in [-0.05, 0) is 171 Å². The highest BCUT2D eigenvalue weighted by Crippen LogP contribution is 2.38. The molecule has 5 unspecified atom stereocenters. The lowest BCUT2D eigenvalue weighted by Crippen LogP contribution is -2.30. The summed E-state index contributed by atoms with van der Waals surface area (Å²) in [5, 5.41) is -2.31. The molecule has 0 spiro atoms. The summed E-state index contributed by atoms with van der Waals surface area (Å²) in [5.74, 6) is -0.582. The Morgan fingerprint density at radius 3 is 1.15 bits per heavy atom. The minimum absolute atomic E-state index is 0.0643. The van der Waals surface area contributed by atoms with Crippen LogP contribution in [0.25, 0.3) is 0 Å². The predicted molar refractivity (Wildman–Crippen MR) is 244 cm³/mol. The molecule has 0 radical (unpaired) electrons. The van der Waals surface area contributed by atoms with Gasteiger partial charge in [-0.2, -0.15) is 0 Å². The number of esters is 3. The molecular formula is C50H69Cl3O6. The number of alkyl halides is 3. The van der Waals surface area contributed by atoms with Crippen LogP contribution in [0.5, 0.6) is 0 Å². The molecule has 0 amide bonds. The van der Waals surface area contributed by atoms with E-state index < -0.39 is 50.8 Å². The summed E-state index contributed by atoms with van der Waals surface area (Å²) in [6, 6.07) is 25.9. The van der Waals surface area contributed by atoms with Gasteiger partial charge in [-0.3, -0.25) is 14.4 Å². The fourth-order valence-electron chi connectivity index (χ4n) is 6.97. The lowest BCUT2D eigenvalue weighted by atomic mass is 9.79. The number of halogens is 3. The molecule has 0 fully saturated rings. The molecule has 6 nitrogen and oxygen atoms in total. The summed E-state index contributed by atoms with van der Waals surface area (Å²) in [7, 11) is 0. The van der Waals surface area contributed by atoms with Crippen LogP contribution in [-0.2, 0) is 54.3 Å². The molecule has 3 aromatic carbocycles. The summed E-state index contributed by atoms with van der Waals surface area (Å²) in [6.07, 6.45) is 6.15. The zero-order valence-electron chi connectivity index (χ0n) is 37.3. The minimum atomic E-state index is -0.838. The first-order valence-electron chi connectivity index (χ1n) is 21.2. The zero-order chi connectivity index (χ0) is 44.1. The molecule has 5 atom stereocenters. The number of ether oxygens (including phenoxy) is 3. The van der Waals surface area contributed by atoms with Crippen molar-refractivity contribution in [3.05, 3.63) is 106 Å². The van der Waals surface area contributed by atoms with Gasteiger partial charge in [0.15, 0.2) is 0 Å². The Labute approximate surface area is 370 Å². The normalized spacial score (nSPS) is 14.9. The maximum Gasteiger partial charge on any atom is 0.324 e. The minimum Gasteiger partial charge on any atom is -0.459 e. The molecule has 0 aliphatic carbocycles. The van der Waals surface area contributed by atoms with Gasteiger partial charge in [-0.25, -0.2) is 0 Å². The number of hydrogen-bond acceptors (Lipinski definition) is 6. The van der Waals surface area contributed by atoms with E-state index in [4.69, 9.17) is 49.0 Å². The average molecular weight is 872 g/mol. The van der Waals surface area contributed by atoms with Crippen molar-refractivity contribution < 1.29 is 28.6 Å². The Morgan fingerprint density at radius 1 is 0.458 bits per heavy atom. The second kappa shape index (κ2) is 22.7. The SMILES string of the molecule is CC(C)Cc1ccc(CCC(CC(CC(Cl)C(=O)OC(C)(C)C)c2ccc(CCC(Cl)C(=O)OC(C)(C)C)cc2)c2ccc(CCC(Cl)C(=O)OC(C)(C)C)cc2)cc1. The van der Waals surface area contributed by atoms with Gasteiger partial charge in [0.1, 0.15) is 32.9 Å². The molecule has 0 saturated carbocycles. The van der Waals surface area contributed by atoms with Crippen LogP contribution in [0.1, 0.15) is 153 Å². The standard InChI is InChI=1S/C50H69Cl3O6/c1-33(2)30-37-14-12-34(13-15-37)20-27-40(38-23-16-35(17-24-38)21-28-42(51)45(54)57-48(3,4)5)31-41(32-44(53)47(56)59-50(9,10)11)39-25-18-36(19-26-39)22-29-43(52)46(55)58-49(6,7)8/h12-19,23-26,33,40-44H,20-22,27-32H2,1-11H3. The molecule has 326 valence electrons. The summed E-state index contributed by atoms with van der Waals surface area (Å²) in [4.78, 5) is 38.3. The van der Waals surface area contributed by atoms with E-state index in [-0.39, 0.29) is 11.8 Å². The molecule has 0 aliphatic rings. The number of carbonyl (C=O) groups excluding carboxylic acids is 3. The van der Waals surface area contributed by atoms with Crippen LogP contribution in [0.2, 0.25) is 0 Å². The van der Waals surface area contributed by atoms with Gasteiger partial charge in [-0.1, -0.05) is 86.6 Å². The molecule has 59 heavy (non-hydrogen) atoms. The number of aryl methyl sites for hydroxylation is 3. The van der Waals surface area contributed by atoms with Crippen molar-refractivity contribution in [1.29, 1.82) is 0 Å². The Bertz CT molecular complexity index is 1750. The predicted octanol–water partition coefficient (Wildman–Crippen LogP) is 12.9. The van der Waals surface area contributed by atoms with Crippen molar-refractivity contribution in [2.75, 3.05) is 0 Å². The molecule has 0 heterocycles. The number of rotatable bonds is 20. The third-order valence-electron chi connectivity index (χ3n) is 9.77. The Kier molecular flexibility index (Phi) is 19.3. The third kappa shape index (κ3) is 19.5. The monoisotopic (exact) mass is 870 g/mol. The van der Waals surface area contributed by atoms with Gasteiger partial charge in [0.2, 0.25) is 0 Å². The topological polar surface area (TPSA) is 78.9 Å². The first-order chi connectivity index (χ1) is 27.4. The molecule has 3 rings (SSSR count). The smallest absolute Gasteiger partial charge is 0.324 e. The Hall–Kier alpha value is -3.06. The molecule has 0 aromatic heterocycles. The van der Waals surface area contributed by atoms with E-state index in [1.54, 1.807) is 0 Å². The highest BCUT2D eigenvalue weighted by Gasteiger charge is 2.30. The molecule has 0 aliphatic heterocycles. The first kappa shape index (κ1) is 50.3. The lowest BCUT2D eigenvalue weighted by Gasteiger charge is -2.28. The van der Waals surface area contributed by atoms with Crippen LogP contribution < -0.4 is 0 Å². The quantitative estimate of drug-likeness (QED) is 0.0639. The second-order valence-electron chi connectivity index (χ2n) is 19.4. The molecule has 9 heteroatoms. The molecule has 0 N–H and O–H groups in total. The van der Waals surface area contributed by atoms with Crippen LogP contribution in [0.15, 0.2) is 72.8 Å². The number of benzene rings is 3. The molecular weight excluding hydrogens is 803 g/mol. The molecule has 0 saturated heterocycles. The van der Waals surface area contributed by atoms with E-state index in [1.807, 2.05) is 62.3 Å². The molecule has 3 aromatic rings. The van der Waals surface area contributed by atoms with Crippen LogP contribution in [0, 0.1) is 5.92 Å². The summed E-state index contributed by atoms with van der Waals surface area (Å²) in [6.45, 7) is 21.0. The van der Waals surface area contributed by atoms with Crippen LogP contribution in [0.4, 0.5) is 0 Å². The van der Waals surface area contributed by atoms with E-state index in [0.717, 1.165) is 42.4 Å². The second-order valence-corrected chi connectivity index (χ2v) is 21.0. The summed E-state index contributed by atoms with van der Waals surface area (Å²) < 4.78 is 16.7. The van der Waals surface area contributed by atoms with Crippen LogP contribution in [-0.4, -0.2) is 50.8 Å². The van der Waals surface area contributed by atoms with Crippen LogP contribution in [0.3, 0.4) is 0 Å². The van der Waals surface area contributed by atoms with Crippen molar-refractivity contribution in [1.82, 2.24) is 0 Å². The fraction of sp³-hybridized carbons (Fsp3) is 0.580. The number of carbonyl (C=O) groups is 3. The van der Waals surface area contributed by atoms with Gasteiger partial charge in [0, 0.05) is 0 Å². The highest BCUT2D eigenvalue weighted by atomic mass is 35.5. The van der Waals surface area contributed by atoms with Gasteiger partial charge in [0.25, 0.3) is 0 Å². The van der Waals surface area contributed by atoms with Gasteiger partial charge >= 0.3 is 17.9 Å². The van der Waals surface area contributed by atoms with E-state index in [0.29, 0.717) is 38.0 Å². The first-order valence-corrected chi connectivity index (χ1v) is 22.5. The largest absolute Gasteiger partial charge is 0.459 e. The van der Waals surface area contributed by atoms with Gasteiger partial charge < -0.3 is 14.2 Å². The van der Waals surface area contributed by atoms with Crippen molar-refractivity contribution >= 4 is 52.7 Å². The Balaban J connectivity index is 1.90. The van der Waals surface area contributed by atoms with Gasteiger partial charge in [0.05, 0.1) is 0 Å². The number of hydrogen-bond donors (Lipinski definition) is 0. The van der Waals surface area contributed by atoms with Crippen LogP contribution >= 0.6 is 34.8 Å². The van der Waals surface area contributed by atoms with Crippen molar-refractivity contribution in [3.8, 4) is 0 Å². The average Bonchev–Trinajstić information content (AvgIpc) is 3.12. The van der Waals surface area contributed by atoms with Gasteiger partial charge in [-0.15, -0.1) is 34.8 Å². The highest BCUT2D eigenvalue weighted by molar-refractivity contribution is 6.30.